The second-order valence-electron chi connectivity index (χ2n) is 5.64. The van der Waals surface area contributed by atoms with Gasteiger partial charge in [-0.25, -0.2) is 9.78 Å². The summed E-state index contributed by atoms with van der Waals surface area (Å²) in [4.78, 5) is 27.4. The Kier molecular flexibility index (Phi) is 5.77. The van der Waals surface area contributed by atoms with Gasteiger partial charge in [-0.15, -0.1) is 10.2 Å². The summed E-state index contributed by atoms with van der Waals surface area (Å²) in [5.74, 6) is -0.510. The van der Waals surface area contributed by atoms with E-state index in [-0.39, 0.29) is 0 Å². The Morgan fingerprint density at radius 3 is 2.04 bits per heavy atom. The smallest absolute Gasteiger partial charge is 0.318 e. The number of imide groups is 1. The molecule has 0 spiro atoms. The number of hydrogen-bond acceptors (Lipinski definition) is 6. The van der Waals surface area contributed by atoms with Crippen molar-refractivity contribution in [3.63, 3.8) is 0 Å². The maximum Gasteiger partial charge on any atom is 0.318 e. The Labute approximate surface area is 160 Å². The maximum atomic E-state index is 11.9. The van der Waals surface area contributed by atoms with E-state index in [2.05, 4.69) is 15.2 Å². The molecule has 3 aromatic rings. The molecule has 0 saturated carbocycles. The van der Waals surface area contributed by atoms with Crippen LogP contribution < -0.4 is 11.1 Å². The van der Waals surface area contributed by atoms with Crippen molar-refractivity contribution in [1.82, 2.24) is 20.5 Å². The topological polar surface area (TPSA) is 111 Å². The normalized spacial score (nSPS) is 11.6. The molecule has 1 unspecified atom stereocenters. The highest BCUT2D eigenvalue weighted by Gasteiger charge is 2.20. The molecular weight excluding hydrogens is 362 g/mol. The summed E-state index contributed by atoms with van der Waals surface area (Å²) < 4.78 is 0. The van der Waals surface area contributed by atoms with Crippen LogP contribution in [0.15, 0.2) is 65.8 Å². The summed E-state index contributed by atoms with van der Waals surface area (Å²) >= 11 is 1.10. The first-order valence-corrected chi connectivity index (χ1v) is 9.05. The van der Waals surface area contributed by atoms with Gasteiger partial charge in [0, 0.05) is 11.1 Å². The summed E-state index contributed by atoms with van der Waals surface area (Å²) in [5, 5.41) is 10.3. The Bertz CT molecular complexity index is 951. The molecule has 2 aromatic carbocycles. The second kappa shape index (κ2) is 8.41. The third kappa shape index (κ3) is 4.68. The lowest BCUT2D eigenvalue weighted by Crippen LogP contribution is -2.39. The highest BCUT2D eigenvalue weighted by Crippen LogP contribution is 2.30. The zero-order chi connectivity index (χ0) is 19.2. The number of urea groups is 1. The molecule has 0 aliphatic rings. The number of hydrogen-bond donors (Lipinski definition) is 2. The number of amides is 3. The quantitative estimate of drug-likeness (QED) is 0.660. The Hall–Kier alpha value is -3.26. The first kappa shape index (κ1) is 18.5. The van der Waals surface area contributed by atoms with E-state index in [0.717, 1.165) is 22.9 Å². The number of primary amides is 1. The van der Waals surface area contributed by atoms with Gasteiger partial charge >= 0.3 is 6.03 Å². The van der Waals surface area contributed by atoms with E-state index in [1.807, 2.05) is 66.0 Å². The molecule has 3 N–H and O–H groups in total. The van der Waals surface area contributed by atoms with Gasteiger partial charge in [-0.3, -0.25) is 10.1 Å². The van der Waals surface area contributed by atoms with E-state index in [1.54, 1.807) is 6.92 Å². The Balaban J connectivity index is 1.97. The van der Waals surface area contributed by atoms with Crippen LogP contribution in [0.2, 0.25) is 0 Å². The average Bonchev–Trinajstić information content (AvgIpc) is 2.69. The molecule has 8 heteroatoms. The molecule has 0 fully saturated rings. The molecule has 0 aliphatic heterocycles. The van der Waals surface area contributed by atoms with Crippen molar-refractivity contribution < 1.29 is 9.59 Å². The van der Waals surface area contributed by atoms with Crippen LogP contribution in [0.25, 0.3) is 22.5 Å². The average molecular weight is 379 g/mol. The van der Waals surface area contributed by atoms with Crippen LogP contribution in [-0.2, 0) is 4.79 Å². The standard InChI is InChI=1S/C19H17N5O2S/c1-12(17(25)22-18(20)26)27-19-21-15(13-8-4-2-5-9-13)16(23-24-19)14-10-6-3-7-11-14/h2-12H,1H3,(H3,20,22,25,26). The van der Waals surface area contributed by atoms with Crippen LogP contribution in [-0.4, -0.2) is 32.4 Å². The van der Waals surface area contributed by atoms with Crippen LogP contribution in [0.4, 0.5) is 4.79 Å². The molecular formula is C19H17N5O2S. The fraction of sp³-hybridized carbons (Fsp3) is 0.105. The molecule has 136 valence electrons. The zero-order valence-electron chi connectivity index (χ0n) is 14.5. The molecule has 1 heterocycles. The number of rotatable bonds is 5. The zero-order valence-corrected chi connectivity index (χ0v) is 15.3. The number of nitrogens with one attached hydrogen (secondary N) is 1. The number of nitrogens with zero attached hydrogens (tertiary/aromatic N) is 3. The summed E-state index contributed by atoms with van der Waals surface area (Å²) in [5.41, 5.74) is 8.09. The van der Waals surface area contributed by atoms with Crippen molar-refractivity contribution in [2.75, 3.05) is 0 Å². The summed E-state index contributed by atoms with van der Waals surface area (Å²) in [6.07, 6.45) is 0. The number of carbonyl (C=O) groups is 2. The van der Waals surface area contributed by atoms with Gasteiger partial charge in [0.05, 0.1) is 5.25 Å². The van der Waals surface area contributed by atoms with E-state index >= 15 is 0 Å². The highest BCUT2D eigenvalue weighted by molar-refractivity contribution is 8.00. The van der Waals surface area contributed by atoms with E-state index in [4.69, 9.17) is 5.73 Å². The molecule has 3 amide bonds. The van der Waals surface area contributed by atoms with Crippen molar-refractivity contribution in [2.24, 2.45) is 5.73 Å². The molecule has 0 bridgehead atoms. The molecule has 1 aromatic heterocycles. The highest BCUT2D eigenvalue weighted by atomic mass is 32.2. The Morgan fingerprint density at radius 2 is 1.48 bits per heavy atom. The van der Waals surface area contributed by atoms with E-state index < -0.39 is 17.2 Å². The SMILES string of the molecule is CC(Sc1nnc(-c2ccccc2)c(-c2ccccc2)n1)C(=O)NC(N)=O. The van der Waals surface area contributed by atoms with Gasteiger partial charge in [0.25, 0.3) is 0 Å². The van der Waals surface area contributed by atoms with E-state index in [9.17, 15) is 9.59 Å². The van der Waals surface area contributed by atoms with Crippen LogP contribution in [0.1, 0.15) is 6.92 Å². The van der Waals surface area contributed by atoms with Gasteiger partial charge < -0.3 is 5.73 Å². The largest absolute Gasteiger partial charge is 0.351 e. The molecule has 0 saturated heterocycles. The van der Waals surface area contributed by atoms with Crippen LogP contribution in [0, 0.1) is 0 Å². The molecule has 0 radical (unpaired) electrons. The van der Waals surface area contributed by atoms with Crippen LogP contribution in [0.3, 0.4) is 0 Å². The Morgan fingerprint density at radius 1 is 0.926 bits per heavy atom. The molecule has 0 aliphatic carbocycles. The lowest BCUT2D eigenvalue weighted by molar-refractivity contribution is -0.119. The number of aromatic nitrogens is 3. The third-order valence-corrected chi connectivity index (χ3v) is 4.61. The summed E-state index contributed by atoms with van der Waals surface area (Å²) in [6, 6.07) is 18.4. The minimum Gasteiger partial charge on any atom is -0.351 e. The van der Waals surface area contributed by atoms with Gasteiger partial charge in [0.1, 0.15) is 11.4 Å². The van der Waals surface area contributed by atoms with Gasteiger partial charge in [-0.1, -0.05) is 72.4 Å². The fourth-order valence-electron chi connectivity index (χ4n) is 2.38. The van der Waals surface area contributed by atoms with E-state index in [0.29, 0.717) is 16.5 Å². The van der Waals surface area contributed by atoms with Gasteiger partial charge in [-0.05, 0) is 6.92 Å². The van der Waals surface area contributed by atoms with Gasteiger partial charge in [-0.2, -0.15) is 0 Å². The van der Waals surface area contributed by atoms with Crippen LogP contribution in [0.5, 0.6) is 0 Å². The van der Waals surface area contributed by atoms with Gasteiger partial charge in [0.15, 0.2) is 0 Å². The van der Waals surface area contributed by atoms with Crippen LogP contribution >= 0.6 is 11.8 Å². The van der Waals surface area contributed by atoms with Crippen molar-refractivity contribution in [3.05, 3.63) is 60.7 Å². The number of nitrogens with two attached hydrogens (primary N) is 1. The summed E-state index contributed by atoms with van der Waals surface area (Å²) in [7, 11) is 0. The fourth-order valence-corrected chi connectivity index (χ4v) is 3.10. The lowest BCUT2D eigenvalue weighted by atomic mass is 10.0. The lowest BCUT2D eigenvalue weighted by Gasteiger charge is -2.12. The van der Waals surface area contributed by atoms with Gasteiger partial charge in [0.2, 0.25) is 11.1 Å². The van der Waals surface area contributed by atoms with Crippen molar-refractivity contribution >= 4 is 23.7 Å². The summed E-state index contributed by atoms with van der Waals surface area (Å²) in [6.45, 7) is 1.64. The predicted molar refractivity (Wildman–Crippen MR) is 104 cm³/mol. The molecule has 1 atom stereocenters. The molecule has 27 heavy (non-hydrogen) atoms. The first-order chi connectivity index (χ1) is 13.0. The third-order valence-electron chi connectivity index (χ3n) is 3.66. The molecule has 3 rings (SSSR count). The minimum absolute atomic E-state index is 0.334. The van der Waals surface area contributed by atoms with Crippen molar-refractivity contribution in [3.8, 4) is 22.5 Å². The maximum absolute atomic E-state index is 11.9. The molecule has 7 nitrogen and oxygen atoms in total. The van der Waals surface area contributed by atoms with Crippen molar-refractivity contribution in [1.29, 1.82) is 0 Å². The van der Waals surface area contributed by atoms with Crippen molar-refractivity contribution in [2.45, 2.75) is 17.3 Å². The number of thioether (sulfide) groups is 1. The minimum atomic E-state index is -0.893. The second-order valence-corrected chi connectivity index (χ2v) is 6.95. The number of carbonyl (C=O) groups excluding carboxylic acids is 2. The predicted octanol–water partition coefficient (Wildman–Crippen LogP) is 2.88. The monoisotopic (exact) mass is 379 g/mol. The first-order valence-electron chi connectivity index (χ1n) is 8.17. The number of benzene rings is 2. The van der Waals surface area contributed by atoms with E-state index in [1.165, 1.54) is 0 Å².